The van der Waals surface area contributed by atoms with Gasteiger partial charge in [0.15, 0.2) is 4.90 Å². The molecule has 0 radical (unpaired) electrons. The van der Waals surface area contributed by atoms with Crippen molar-refractivity contribution in [1.82, 2.24) is 0 Å². The molecule has 0 nitrogen and oxygen atoms in total. The van der Waals surface area contributed by atoms with Gasteiger partial charge in [-0.05, 0) is 18.2 Å². The highest BCUT2D eigenvalue weighted by atomic mass is 33.1. The van der Waals surface area contributed by atoms with Gasteiger partial charge in [-0.1, -0.05) is 18.2 Å². The Bertz CT molecular complexity index is 246. The summed E-state index contributed by atoms with van der Waals surface area (Å²) in [5.74, 6) is 1.22. The van der Waals surface area contributed by atoms with E-state index in [-0.39, 0.29) is 0 Å². The predicted octanol–water partition coefficient (Wildman–Crippen LogP) is 2.84. The zero-order valence-corrected chi connectivity index (χ0v) is 7.70. The Balaban J connectivity index is 2.17. The molecule has 0 saturated heterocycles. The van der Waals surface area contributed by atoms with Gasteiger partial charge in [-0.15, -0.1) is 0 Å². The minimum absolute atomic E-state index is 0.415. The van der Waals surface area contributed by atoms with Gasteiger partial charge in [0.05, 0.1) is 0 Å². The standard InChI is InChI=1S/C9H9S2/c1-2-5-9(6-3-1)11-8-4-7-10-11/h1-7H,8H2/q+1. The summed E-state index contributed by atoms with van der Waals surface area (Å²) >= 11 is 0. The number of rotatable bonds is 1. The molecule has 1 aromatic carbocycles. The summed E-state index contributed by atoms with van der Waals surface area (Å²) in [6.07, 6.45) is 2.25. The summed E-state index contributed by atoms with van der Waals surface area (Å²) in [6.45, 7) is 0. The third kappa shape index (κ3) is 1.63. The summed E-state index contributed by atoms with van der Waals surface area (Å²) < 4.78 is 0. The smallest absolute Gasteiger partial charge is 0.0619 e. The molecule has 0 fully saturated rings. The van der Waals surface area contributed by atoms with E-state index < -0.39 is 0 Å². The fourth-order valence-corrected chi connectivity index (χ4v) is 4.32. The predicted molar refractivity (Wildman–Crippen MR) is 53.7 cm³/mol. The van der Waals surface area contributed by atoms with Gasteiger partial charge < -0.3 is 0 Å². The zero-order chi connectivity index (χ0) is 7.52. The molecule has 1 aliphatic heterocycles. The van der Waals surface area contributed by atoms with Crippen molar-refractivity contribution in [3.63, 3.8) is 0 Å². The Hall–Kier alpha value is -0.340. The second-order valence-corrected chi connectivity index (χ2v) is 6.04. The molecule has 0 bridgehead atoms. The molecule has 2 rings (SSSR count). The Morgan fingerprint density at radius 2 is 2.00 bits per heavy atom. The Morgan fingerprint density at radius 3 is 2.64 bits per heavy atom. The third-order valence-electron chi connectivity index (χ3n) is 1.52. The third-order valence-corrected chi connectivity index (χ3v) is 5.37. The molecule has 0 N–H and O–H groups in total. The molecule has 0 spiro atoms. The van der Waals surface area contributed by atoms with E-state index in [4.69, 9.17) is 0 Å². The lowest BCUT2D eigenvalue weighted by Gasteiger charge is -1.94. The van der Waals surface area contributed by atoms with Gasteiger partial charge in [-0.3, -0.25) is 0 Å². The average molecular weight is 181 g/mol. The Labute approximate surface area is 73.4 Å². The zero-order valence-electron chi connectivity index (χ0n) is 6.07. The first-order chi connectivity index (χ1) is 5.47. The van der Waals surface area contributed by atoms with Crippen LogP contribution >= 0.6 is 10.8 Å². The van der Waals surface area contributed by atoms with Crippen LogP contribution in [0.4, 0.5) is 0 Å². The summed E-state index contributed by atoms with van der Waals surface area (Å²) in [4.78, 5) is 1.47. The molecule has 0 aromatic heterocycles. The van der Waals surface area contributed by atoms with Crippen LogP contribution in [0.25, 0.3) is 0 Å². The molecule has 0 amide bonds. The van der Waals surface area contributed by atoms with Gasteiger partial charge in [0.1, 0.15) is 26.5 Å². The molecule has 56 valence electrons. The summed E-state index contributed by atoms with van der Waals surface area (Å²) in [5.41, 5.74) is 0. The molecular weight excluding hydrogens is 172 g/mol. The maximum Gasteiger partial charge on any atom is 0.168 e. The first-order valence-electron chi connectivity index (χ1n) is 3.55. The van der Waals surface area contributed by atoms with E-state index in [0.29, 0.717) is 9.93 Å². The molecule has 0 aliphatic carbocycles. The van der Waals surface area contributed by atoms with Crippen molar-refractivity contribution >= 4 is 20.7 Å². The van der Waals surface area contributed by atoms with Crippen molar-refractivity contribution in [2.75, 3.05) is 5.75 Å². The van der Waals surface area contributed by atoms with Gasteiger partial charge in [0, 0.05) is 5.41 Å². The highest BCUT2D eigenvalue weighted by molar-refractivity contribution is 8.75. The fraction of sp³-hybridized carbons (Fsp3) is 0.111. The highest BCUT2D eigenvalue weighted by Gasteiger charge is 2.24. The minimum Gasteiger partial charge on any atom is -0.0619 e. The lowest BCUT2D eigenvalue weighted by atomic mass is 10.4. The first kappa shape index (κ1) is 7.32. The quantitative estimate of drug-likeness (QED) is 0.474. The lowest BCUT2D eigenvalue weighted by Crippen LogP contribution is -1.94. The number of benzene rings is 1. The van der Waals surface area contributed by atoms with Crippen molar-refractivity contribution in [1.29, 1.82) is 0 Å². The second kappa shape index (κ2) is 3.37. The molecule has 1 atom stereocenters. The van der Waals surface area contributed by atoms with Gasteiger partial charge in [0.25, 0.3) is 0 Å². The van der Waals surface area contributed by atoms with Crippen LogP contribution < -0.4 is 0 Å². The van der Waals surface area contributed by atoms with Crippen LogP contribution in [0.5, 0.6) is 0 Å². The summed E-state index contributed by atoms with van der Waals surface area (Å²) in [6, 6.07) is 10.7. The lowest BCUT2D eigenvalue weighted by molar-refractivity contribution is 1.45. The van der Waals surface area contributed by atoms with Crippen LogP contribution in [-0.2, 0) is 9.93 Å². The molecule has 0 saturated carbocycles. The first-order valence-corrected chi connectivity index (χ1v) is 6.34. The minimum atomic E-state index is 0.415. The van der Waals surface area contributed by atoms with Crippen molar-refractivity contribution in [3.8, 4) is 0 Å². The number of hydrogen-bond acceptors (Lipinski definition) is 1. The molecule has 11 heavy (non-hydrogen) atoms. The van der Waals surface area contributed by atoms with Crippen molar-refractivity contribution in [3.05, 3.63) is 41.8 Å². The topological polar surface area (TPSA) is 0 Å². The molecule has 2 heteroatoms. The monoisotopic (exact) mass is 181 g/mol. The van der Waals surface area contributed by atoms with E-state index in [1.54, 1.807) is 0 Å². The van der Waals surface area contributed by atoms with Gasteiger partial charge in [-0.2, -0.15) is 0 Å². The van der Waals surface area contributed by atoms with Crippen LogP contribution in [-0.4, -0.2) is 5.75 Å². The Kier molecular flexibility index (Phi) is 2.24. The largest absolute Gasteiger partial charge is 0.168 e. The highest BCUT2D eigenvalue weighted by Crippen LogP contribution is 2.31. The van der Waals surface area contributed by atoms with Gasteiger partial charge in [0.2, 0.25) is 0 Å². The van der Waals surface area contributed by atoms with E-state index in [9.17, 15) is 0 Å². The van der Waals surface area contributed by atoms with Crippen LogP contribution in [0.15, 0.2) is 46.7 Å². The van der Waals surface area contributed by atoms with Gasteiger partial charge in [-0.25, -0.2) is 0 Å². The van der Waals surface area contributed by atoms with Crippen LogP contribution in [0.1, 0.15) is 0 Å². The SMILES string of the molecule is C1=CS[S+](c2ccccc2)C1. The second-order valence-electron chi connectivity index (χ2n) is 2.29. The van der Waals surface area contributed by atoms with Crippen LogP contribution in [0.3, 0.4) is 0 Å². The fourth-order valence-electron chi connectivity index (χ4n) is 0.996. The molecule has 1 heterocycles. The summed E-state index contributed by atoms with van der Waals surface area (Å²) in [7, 11) is 2.36. The average Bonchev–Trinajstić information content (AvgIpc) is 2.58. The van der Waals surface area contributed by atoms with Crippen molar-refractivity contribution in [2.45, 2.75) is 4.90 Å². The van der Waals surface area contributed by atoms with E-state index >= 15 is 0 Å². The molecule has 1 unspecified atom stereocenters. The number of hydrogen-bond donors (Lipinski definition) is 0. The van der Waals surface area contributed by atoms with E-state index in [0.717, 1.165) is 0 Å². The summed E-state index contributed by atoms with van der Waals surface area (Å²) in [5, 5.41) is 2.20. The van der Waals surface area contributed by atoms with Crippen LogP contribution in [0, 0.1) is 0 Å². The molecular formula is C9H9S2+. The normalized spacial score (nSPS) is 22.4. The van der Waals surface area contributed by atoms with E-state index in [1.807, 2.05) is 10.8 Å². The van der Waals surface area contributed by atoms with Gasteiger partial charge >= 0.3 is 0 Å². The van der Waals surface area contributed by atoms with Crippen molar-refractivity contribution < 1.29 is 0 Å². The Morgan fingerprint density at radius 1 is 1.18 bits per heavy atom. The van der Waals surface area contributed by atoms with E-state index in [1.165, 1.54) is 10.6 Å². The maximum absolute atomic E-state index is 2.25. The maximum atomic E-state index is 2.25. The van der Waals surface area contributed by atoms with Crippen molar-refractivity contribution in [2.24, 2.45) is 0 Å². The molecule has 1 aliphatic rings. The van der Waals surface area contributed by atoms with E-state index in [2.05, 4.69) is 41.8 Å². The molecule has 1 aromatic rings. The van der Waals surface area contributed by atoms with Crippen LogP contribution in [0.2, 0.25) is 0 Å².